The van der Waals surface area contributed by atoms with Gasteiger partial charge in [0.1, 0.15) is 11.9 Å². The van der Waals surface area contributed by atoms with Gasteiger partial charge in [-0.15, -0.1) is 0 Å². The van der Waals surface area contributed by atoms with E-state index in [0.717, 1.165) is 5.56 Å². The summed E-state index contributed by atoms with van der Waals surface area (Å²) in [5.41, 5.74) is 12.6. The maximum Gasteiger partial charge on any atom is 0.328 e. The zero-order valence-electron chi connectivity index (χ0n) is 26.1. The van der Waals surface area contributed by atoms with Crippen LogP contribution in [0, 0.1) is 6.92 Å². The number of aromatic amines is 1. The summed E-state index contributed by atoms with van der Waals surface area (Å²) in [6, 6.07) is 11.2. The first-order valence-corrected chi connectivity index (χ1v) is 16.3. The lowest BCUT2D eigenvalue weighted by molar-refractivity contribution is -0.146. The smallest absolute Gasteiger partial charge is 0.328 e. The van der Waals surface area contributed by atoms with Crippen LogP contribution in [0.2, 0.25) is 0 Å². The molecule has 0 fully saturated rings. The number of hydrogen-bond acceptors (Lipinski definition) is 11. The molecule has 1 aromatic heterocycles. The summed E-state index contributed by atoms with van der Waals surface area (Å²) in [6.07, 6.45) is 0.911. The normalized spacial score (nSPS) is 11.8. The van der Waals surface area contributed by atoms with Crippen molar-refractivity contribution in [2.24, 2.45) is 0 Å². The second-order valence-electron chi connectivity index (χ2n) is 10.3. The Morgan fingerprint density at radius 2 is 1.63 bits per heavy atom. The number of aryl methyl sites for hydroxylation is 1. The van der Waals surface area contributed by atoms with Gasteiger partial charge in [0.05, 0.1) is 29.4 Å². The molecule has 6 N–H and O–H groups in total. The van der Waals surface area contributed by atoms with E-state index < -0.39 is 39.5 Å². The fourth-order valence-corrected chi connectivity index (χ4v) is 6.07. The second-order valence-corrected chi connectivity index (χ2v) is 12.2. The Kier molecular flexibility index (Phi) is 12.7. The van der Waals surface area contributed by atoms with Crippen LogP contribution in [0.5, 0.6) is 0 Å². The number of carbonyl (C=O) groups is 3. The Morgan fingerprint density at radius 1 is 0.978 bits per heavy atom. The average Bonchev–Trinajstić information content (AvgIpc) is 3.00. The van der Waals surface area contributed by atoms with Gasteiger partial charge in [-0.25, -0.2) is 13.2 Å². The third-order valence-electron chi connectivity index (χ3n) is 6.95. The maximum atomic E-state index is 13.8. The highest BCUT2D eigenvalue weighted by Gasteiger charge is 2.27. The van der Waals surface area contributed by atoms with Gasteiger partial charge in [-0.1, -0.05) is 17.7 Å². The lowest BCUT2D eigenvalue weighted by Gasteiger charge is -2.25. The molecule has 0 aliphatic rings. The van der Waals surface area contributed by atoms with Gasteiger partial charge in [0, 0.05) is 18.5 Å². The molecule has 0 saturated carbocycles. The van der Waals surface area contributed by atoms with Crippen molar-refractivity contribution in [3.05, 3.63) is 75.6 Å². The standard InChI is InChI=1S/C31H40N6O8S/c1-4-44-26(38)18-17-25(30(41)45-5-2)34-28(39)21-11-13-22(14-12-21)37(46(42,43)23-15-9-20(3)10-16-23)19-7-6-8-24-27(32)35-31(33)36-29(24)40/h9-16,25H,4-8,17-19H2,1-3H3,(H,34,39)(H5,32,33,35,36,40)/t25-/m0/s1. The van der Waals surface area contributed by atoms with Gasteiger partial charge in [0.25, 0.3) is 21.5 Å². The highest BCUT2D eigenvalue weighted by molar-refractivity contribution is 7.92. The molecule has 15 heteroatoms. The van der Waals surface area contributed by atoms with Crippen LogP contribution in [0.25, 0.3) is 0 Å². The molecule has 1 atom stereocenters. The van der Waals surface area contributed by atoms with Gasteiger partial charge in [-0.3, -0.25) is 23.7 Å². The van der Waals surface area contributed by atoms with Crippen LogP contribution in [0.4, 0.5) is 17.5 Å². The Labute approximate surface area is 267 Å². The lowest BCUT2D eigenvalue weighted by Crippen LogP contribution is -2.42. The van der Waals surface area contributed by atoms with Crippen molar-refractivity contribution in [1.82, 2.24) is 15.3 Å². The van der Waals surface area contributed by atoms with Crippen molar-refractivity contribution in [3.63, 3.8) is 0 Å². The summed E-state index contributed by atoms with van der Waals surface area (Å²) in [6.45, 7) is 5.47. The number of esters is 2. The molecular weight excluding hydrogens is 616 g/mol. The van der Waals surface area contributed by atoms with E-state index in [-0.39, 0.29) is 66.8 Å². The summed E-state index contributed by atoms with van der Waals surface area (Å²) in [4.78, 5) is 56.0. The minimum Gasteiger partial charge on any atom is -0.466 e. The largest absolute Gasteiger partial charge is 0.466 e. The Bertz CT molecular complexity index is 1670. The molecule has 1 amide bonds. The number of sulfonamides is 1. The predicted molar refractivity (Wildman–Crippen MR) is 173 cm³/mol. The molecule has 3 rings (SSSR count). The van der Waals surface area contributed by atoms with Crippen LogP contribution in [0.1, 0.15) is 61.0 Å². The van der Waals surface area contributed by atoms with Crippen molar-refractivity contribution in [2.45, 2.75) is 63.8 Å². The summed E-state index contributed by atoms with van der Waals surface area (Å²) in [5, 5.41) is 2.59. The van der Waals surface area contributed by atoms with E-state index in [4.69, 9.17) is 20.9 Å². The third-order valence-corrected chi connectivity index (χ3v) is 8.79. The molecule has 3 aromatic rings. The zero-order valence-corrected chi connectivity index (χ0v) is 26.9. The highest BCUT2D eigenvalue weighted by Crippen LogP contribution is 2.25. The number of hydrogen-bond donors (Lipinski definition) is 4. The van der Waals surface area contributed by atoms with Gasteiger partial charge in [-0.2, -0.15) is 4.98 Å². The van der Waals surface area contributed by atoms with Gasteiger partial charge in [0.2, 0.25) is 5.95 Å². The van der Waals surface area contributed by atoms with Crippen LogP contribution in [0.3, 0.4) is 0 Å². The number of H-pyrrole nitrogens is 1. The van der Waals surface area contributed by atoms with E-state index in [2.05, 4.69) is 15.3 Å². The highest BCUT2D eigenvalue weighted by atomic mass is 32.2. The molecule has 0 aliphatic heterocycles. The molecule has 0 radical (unpaired) electrons. The molecule has 46 heavy (non-hydrogen) atoms. The van der Waals surface area contributed by atoms with Gasteiger partial charge in [0.15, 0.2) is 0 Å². The molecule has 14 nitrogen and oxygen atoms in total. The third kappa shape index (κ3) is 9.54. The molecule has 1 heterocycles. The number of nitrogens with two attached hydrogens (primary N) is 2. The quantitative estimate of drug-likeness (QED) is 0.130. The number of carbonyl (C=O) groups excluding carboxylic acids is 3. The van der Waals surface area contributed by atoms with Crippen LogP contribution in [-0.2, 0) is 35.5 Å². The number of anilines is 3. The van der Waals surface area contributed by atoms with Gasteiger partial charge >= 0.3 is 11.9 Å². The number of amides is 1. The molecule has 0 saturated heterocycles. The van der Waals surface area contributed by atoms with Crippen molar-refractivity contribution in [1.29, 1.82) is 0 Å². The van der Waals surface area contributed by atoms with E-state index in [0.29, 0.717) is 18.5 Å². The molecule has 0 spiro atoms. The number of nitrogens with zero attached hydrogens (tertiary/aromatic N) is 2. The first kappa shape index (κ1) is 35.6. The van der Waals surface area contributed by atoms with E-state index >= 15 is 0 Å². The molecule has 248 valence electrons. The Balaban J connectivity index is 1.81. The Hall–Kier alpha value is -4.92. The lowest BCUT2D eigenvalue weighted by atomic mass is 10.1. The zero-order chi connectivity index (χ0) is 33.9. The number of benzene rings is 2. The summed E-state index contributed by atoms with van der Waals surface area (Å²) in [5.74, 6) is -1.88. The van der Waals surface area contributed by atoms with Crippen molar-refractivity contribution >= 4 is 45.3 Å². The summed E-state index contributed by atoms with van der Waals surface area (Å²) < 4.78 is 38.8. The first-order chi connectivity index (χ1) is 21.9. The molecule has 0 unspecified atom stereocenters. The fourth-order valence-electron chi connectivity index (χ4n) is 4.57. The van der Waals surface area contributed by atoms with Gasteiger partial charge in [-0.05, 0) is 82.9 Å². The second kappa shape index (κ2) is 16.4. The SMILES string of the molecule is CCOC(=O)CC[C@H](NC(=O)c1ccc(N(CCCCc2c(N)nc(N)[nH]c2=O)S(=O)(=O)c2ccc(C)cc2)cc1)C(=O)OCC. The topological polar surface area (TPSA) is 217 Å². The Morgan fingerprint density at radius 3 is 2.24 bits per heavy atom. The van der Waals surface area contributed by atoms with E-state index in [1.165, 1.54) is 40.7 Å². The number of rotatable bonds is 16. The minimum atomic E-state index is -4.02. The van der Waals surface area contributed by atoms with Crippen molar-refractivity contribution in [3.8, 4) is 0 Å². The molecular formula is C31H40N6O8S. The minimum absolute atomic E-state index is 0.0188. The summed E-state index contributed by atoms with van der Waals surface area (Å²) >= 11 is 0. The van der Waals surface area contributed by atoms with E-state index in [1.807, 2.05) is 6.92 Å². The number of aromatic nitrogens is 2. The van der Waals surface area contributed by atoms with Crippen molar-refractivity contribution in [2.75, 3.05) is 35.5 Å². The number of nitrogens with one attached hydrogen (secondary N) is 2. The van der Waals surface area contributed by atoms with Crippen LogP contribution in [0.15, 0.2) is 58.2 Å². The average molecular weight is 657 g/mol. The predicted octanol–water partition coefficient (Wildman–Crippen LogP) is 2.47. The maximum absolute atomic E-state index is 13.8. The van der Waals surface area contributed by atoms with Gasteiger partial charge < -0.3 is 26.3 Å². The fraction of sp³-hybridized carbons (Fsp3) is 0.387. The first-order valence-electron chi connectivity index (χ1n) is 14.8. The van der Waals surface area contributed by atoms with Crippen LogP contribution < -0.4 is 26.6 Å². The number of nitrogen functional groups attached to an aromatic ring is 2. The van der Waals surface area contributed by atoms with E-state index in [1.54, 1.807) is 26.0 Å². The summed E-state index contributed by atoms with van der Waals surface area (Å²) in [7, 11) is -4.02. The molecule has 2 aromatic carbocycles. The van der Waals surface area contributed by atoms with Crippen molar-refractivity contribution < 1.29 is 32.3 Å². The molecule has 0 aliphatic carbocycles. The van der Waals surface area contributed by atoms with Crippen LogP contribution in [-0.4, -0.2) is 62.0 Å². The molecule has 0 bridgehead atoms. The number of unbranched alkanes of at least 4 members (excludes halogenated alkanes) is 1. The monoisotopic (exact) mass is 656 g/mol. The number of ether oxygens (including phenoxy) is 2. The van der Waals surface area contributed by atoms with Crippen LogP contribution >= 0.6 is 0 Å². The van der Waals surface area contributed by atoms with E-state index in [9.17, 15) is 27.6 Å².